The minimum absolute atomic E-state index is 0.0739. The molecule has 3 amide bonds. The number of aldehydes is 1. The first-order valence-corrected chi connectivity index (χ1v) is 7.23. The van der Waals surface area contributed by atoms with Crippen LogP contribution in [0.2, 0.25) is 0 Å². The summed E-state index contributed by atoms with van der Waals surface area (Å²) in [5, 5.41) is 11.1. The summed E-state index contributed by atoms with van der Waals surface area (Å²) in [5.74, 6) is -0.974. The third kappa shape index (κ3) is 4.63. The summed E-state index contributed by atoms with van der Waals surface area (Å²) >= 11 is 0. The third-order valence-corrected chi connectivity index (χ3v) is 3.48. The molecule has 1 aromatic rings. The van der Waals surface area contributed by atoms with Crippen LogP contribution < -0.4 is 16.0 Å². The van der Waals surface area contributed by atoms with Gasteiger partial charge in [-0.15, -0.1) is 0 Å². The zero-order valence-electron chi connectivity index (χ0n) is 12.6. The van der Waals surface area contributed by atoms with Crippen LogP contribution in [-0.4, -0.2) is 48.3 Å². The summed E-state index contributed by atoms with van der Waals surface area (Å²) in [6, 6.07) is 0.683. The Morgan fingerprint density at radius 1 is 1.57 bits per heavy atom. The molecular weight excluding hydrogens is 304 g/mol. The first-order valence-electron chi connectivity index (χ1n) is 7.23. The Balaban J connectivity index is 1.77. The van der Waals surface area contributed by atoms with E-state index in [0.717, 1.165) is 0 Å². The van der Waals surface area contributed by atoms with Gasteiger partial charge in [-0.1, -0.05) is 5.16 Å². The lowest BCUT2D eigenvalue weighted by molar-refractivity contribution is -0.125. The van der Waals surface area contributed by atoms with Crippen LogP contribution in [0.3, 0.4) is 0 Å². The molecule has 0 aromatic carbocycles. The molecule has 9 heteroatoms. The van der Waals surface area contributed by atoms with Crippen LogP contribution in [0, 0.1) is 12.8 Å². The minimum atomic E-state index is -0.762. The molecule has 124 valence electrons. The molecule has 0 saturated carbocycles. The predicted octanol–water partition coefficient (Wildman–Crippen LogP) is -1.08. The Hall–Kier alpha value is -2.71. The summed E-state index contributed by atoms with van der Waals surface area (Å²) < 4.78 is 4.76. The van der Waals surface area contributed by atoms with Crippen molar-refractivity contribution in [1.82, 2.24) is 21.1 Å². The Kier molecular flexibility index (Phi) is 5.45. The average Bonchev–Trinajstić information content (AvgIpc) is 3.13. The summed E-state index contributed by atoms with van der Waals surface area (Å²) in [5.41, 5.74) is 0.0739. The second kappa shape index (κ2) is 7.52. The van der Waals surface area contributed by atoms with E-state index >= 15 is 0 Å². The molecule has 0 bridgehead atoms. The second-order valence-corrected chi connectivity index (χ2v) is 5.33. The summed E-state index contributed by atoms with van der Waals surface area (Å²) in [6.45, 7) is 1.92. The van der Waals surface area contributed by atoms with Gasteiger partial charge in [0.05, 0.1) is 12.6 Å². The maximum atomic E-state index is 11.8. The van der Waals surface area contributed by atoms with E-state index in [1.54, 1.807) is 6.92 Å². The van der Waals surface area contributed by atoms with Gasteiger partial charge in [-0.3, -0.25) is 14.4 Å². The van der Waals surface area contributed by atoms with Gasteiger partial charge in [0.15, 0.2) is 5.69 Å². The molecule has 2 unspecified atom stereocenters. The van der Waals surface area contributed by atoms with Crippen LogP contribution in [0.1, 0.15) is 29.1 Å². The number of rotatable bonds is 7. The Morgan fingerprint density at radius 2 is 2.35 bits per heavy atom. The van der Waals surface area contributed by atoms with E-state index in [1.807, 2.05) is 0 Å². The molecule has 9 nitrogen and oxygen atoms in total. The molecule has 2 atom stereocenters. The maximum Gasteiger partial charge on any atom is 0.273 e. The highest BCUT2D eigenvalue weighted by Gasteiger charge is 2.27. The van der Waals surface area contributed by atoms with Gasteiger partial charge in [-0.2, -0.15) is 0 Å². The van der Waals surface area contributed by atoms with E-state index in [0.29, 0.717) is 25.0 Å². The van der Waals surface area contributed by atoms with Crippen LogP contribution in [-0.2, 0) is 14.4 Å². The molecule has 2 rings (SSSR count). The maximum absolute atomic E-state index is 11.8. The highest BCUT2D eigenvalue weighted by atomic mass is 16.5. The van der Waals surface area contributed by atoms with E-state index in [4.69, 9.17) is 4.52 Å². The normalized spacial score (nSPS) is 18.1. The largest absolute Gasteiger partial charge is 0.361 e. The molecule has 1 aliphatic heterocycles. The molecule has 1 fully saturated rings. The fraction of sp³-hybridized carbons (Fsp3) is 0.500. The second-order valence-electron chi connectivity index (χ2n) is 5.33. The lowest BCUT2D eigenvalue weighted by atomic mass is 9.99. The van der Waals surface area contributed by atoms with Gasteiger partial charge in [0.2, 0.25) is 11.8 Å². The van der Waals surface area contributed by atoms with E-state index in [9.17, 15) is 19.2 Å². The molecule has 0 aliphatic carbocycles. The highest BCUT2D eigenvalue weighted by molar-refractivity contribution is 5.95. The standard InChI is InChI=1S/C14H18N4O5/c1-8-4-11(18-23-8)14(22)16-6-12(20)17-10(7-19)5-9-2-3-15-13(9)21/h4,7,9-10H,2-3,5-6H2,1H3,(H,15,21)(H,16,22)(H,17,20). The number of hydrogen-bond donors (Lipinski definition) is 3. The molecule has 2 heterocycles. The van der Waals surface area contributed by atoms with Gasteiger partial charge >= 0.3 is 0 Å². The van der Waals surface area contributed by atoms with Crippen LogP contribution >= 0.6 is 0 Å². The lowest BCUT2D eigenvalue weighted by Crippen LogP contribution is -2.44. The average molecular weight is 322 g/mol. The minimum Gasteiger partial charge on any atom is -0.361 e. The van der Waals surface area contributed by atoms with Crippen molar-refractivity contribution in [3.8, 4) is 0 Å². The van der Waals surface area contributed by atoms with Gasteiger partial charge in [-0.25, -0.2) is 0 Å². The number of amides is 3. The molecule has 1 saturated heterocycles. The Bertz CT molecular complexity index is 612. The molecular formula is C14H18N4O5. The first kappa shape index (κ1) is 16.7. The molecule has 3 N–H and O–H groups in total. The predicted molar refractivity (Wildman–Crippen MR) is 77.3 cm³/mol. The number of hydrogen-bond acceptors (Lipinski definition) is 6. The van der Waals surface area contributed by atoms with E-state index < -0.39 is 17.9 Å². The molecule has 0 radical (unpaired) electrons. The zero-order chi connectivity index (χ0) is 16.8. The fourth-order valence-corrected chi connectivity index (χ4v) is 2.31. The van der Waals surface area contributed by atoms with Crippen LogP contribution in [0.25, 0.3) is 0 Å². The van der Waals surface area contributed by atoms with Gasteiger partial charge < -0.3 is 25.3 Å². The monoisotopic (exact) mass is 322 g/mol. The molecule has 23 heavy (non-hydrogen) atoms. The van der Waals surface area contributed by atoms with E-state index in [-0.39, 0.29) is 30.5 Å². The lowest BCUT2D eigenvalue weighted by Gasteiger charge is -2.15. The van der Waals surface area contributed by atoms with Crippen molar-refractivity contribution in [1.29, 1.82) is 0 Å². The SMILES string of the molecule is Cc1cc(C(=O)NCC(=O)NC(C=O)CC2CCNC2=O)no1. The van der Waals surface area contributed by atoms with Gasteiger partial charge in [-0.05, 0) is 19.8 Å². The van der Waals surface area contributed by atoms with Crippen LogP contribution in [0.5, 0.6) is 0 Å². The van der Waals surface area contributed by atoms with Crippen LogP contribution in [0.15, 0.2) is 10.6 Å². The molecule has 0 spiro atoms. The Labute approximate surface area is 132 Å². The van der Waals surface area contributed by atoms with E-state index in [2.05, 4.69) is 21.1 Å². The van der Waals surface area contributed by atoms with Crippen molar-refractivity contribution >= 4 is 24.0 Å². The number of nitrogens with zero attached hydrogens (tertiary/aromatic N) is 1. The van der Waals surface area contributed by atoms with Gasteiger partial charge in [0, 0.05) is 18.5 Å². The summed E-state index contributed by atoms with van der Waals surface area (Å²) in [7, 11) is 0. The highest BCUT2D eigenvalue weighted by Crippen LogP contribution is 2.15. The van der Waals surface area contributed by atoms with Crippen LogP contribution in [0.4, 0.5) is 0 Å². The topological polar surface area (TPSA) is 130 Å². The van der Waals surface area contributed by atoms with Gasteiger partial charge in [0.1, 0.15) is 12.0 Å². The summed E-state index contributed by atoms with van der Waals surface area (Å²) in [4.78, 5) is 46.0. The smallest absolute Gasteiger partial charge is 0.273 e. The molecule has 1 aromatic heterocycles. The number of aromatic nitrogens is 1. The summed E-state index contributed by atoms with van der Waals surface area (Å²) in [6.07, 6.45) is 1.48. The van der Waals surface area contributed by atoms with Crippen molar-refractivity contribution in [3.05, 3.63) is 17.5 Å². The fourth-order valence-electron chi connectivity index (χ4n) is 2.31. The van der Waals surface area contributed by atoms with Crippen molar-refractivity contribution < 1.29 is 23.7 Å². The molecule has 1 aliphatic rings. The third-order valence-electron chi connectivity index (χ3n) is 3.48. The van der Waals surface area contributed by atoms with Gasteiger partial charge in [0.25, 0.3) is 5.91 Å². The number of aryl methyl sites for hydroxylation is 1. The quantitative estimate of drug-likeness (QED) is 0.548. The number of carbonyl (C=O) groups excluding carboxylic acids is 4. The van der Waals surface area contributed by atoms with Crippen molar-refractivity contribution in [2.24, 2.45) is 5.92 Å². The van der Waals surface area contributed by atoms with Crippen molar-refractivity contribution in [2.45, 2.75) is 25.8 Å². The first-order chi connectivity index (χ1) is 11.0. The van der Waals surface area contributed by atoms with Crippen molar-refractivity contribution in [2.75, 3.05) is 13.1 Å². The zero-order valence-corrected chi connectivity index (χ0v) is 12.6. The van der Waals surface area contributed by atoms with E-state index in [1.165, 1.54) is 6.07 Å². The number of nitrogens with one attached hydrogen (secondary N) is 3. The Morgan fingerprint density at radius 3 is 2.91 bits per heavy atom. The van der Waals surface area contributed by atoms with Crippen molar-refractivity contribution in [3.63, 3.8) is 0 Å². The number of carbonyl (C=O) groups is 4.